The third-order valence-electron chi connectivity index (χ3n) is 4.99. The molecule has 0 saturated carbocycles. The van der Waals surface area contributed by atoms with Gasteiger partial charge in [0.2, 0.25) is 0 Å². The van der Waals surface area contributed by atoms with Gasteiger partial charge in [0.25, 0.3) is 5.56 Å². The van der Waals surface area contributed by atoms with Crippen molar-refractivity contribution < 1.29 is 14.2 Å². The average molecular weight is 431 g/mol. The summed E-state index contributed by atoms with van der Waals surface area (Å²) in [6.07, 6.45) is 1.45. The molecule has 1 unspecified atom stereocenters. The minimum atomic E-state index is -0.362. The van der Waals surface area contributed by atoms with Crippen molar-refractivity contribution in [2.24, 2.45) is 0 Å². The van der Waals surface area contributed by atoms with Gasteiger partial charge in [0.05, 0.1) is 26.0 Å². The molecule has 1 aliphatic heterocycles. The predicted octanol–water partition coefficient (Wildman–Crippen LogP) is 2.92. The molecule has 0 radical (unpaired) electrons. The first-order valence-corrected chi connectivity index (χ1v) is 10.3. The van der Waals surface area contributed by atoms with Gasteiger partial charge in [0, 0.05) is 11.3 Å². The number of rotatable bonds is 6. The van der Waals surface area contributed by atoms with Gasteiger partial charge >= 0.3 is 0 Å². The van der Waals surface area contributed by atoms with Crippen LogP contribution < -0.4 is 15.6 Å². The predicted molar refractivity (Wildman–Crippen MR) is 119 cm³/mol. The summed E-state index contributed by atoms with van der Waals surface area (Å²) in [5, 5.41) is 9.90. The highest BCUT2D eigenvalue weighted by molar-refractivity contribution is 5.91. The number of aromatic nitrogens is 4. The molecular formula is C23H21N5O4. The molecule has 0 bridgehead atoms. The van der Waals surface area contributed by atoms with E-state index in [-0.39, 0.29) is 11.7 Å². The van der Waals surface area contributed by atoms with Gasteiger partial charge in [-0.25, -0.2) is 15.1 Å². The second kappa shape index (κ2) is 9.13. The number of hydrogen-bond donors (Lipinski definition) is 2. The van der Waals surface area contributed by atoms with Crippen molar-refractivity contribution in [3.8, 4) is 17.1 Å². The standard InChI is InChI=1S/C23H21N5O4/c29-23-20-19(12-24-28-23)26-21(15-4-2-1-3-5-15)27-22(20)25-16-6-8-17(9-7-16)32-14-18-13-30-10-11-31-18/h1-9,12,18H,10-11,13-14H2,(H,28,29)(H,25,26,27). The van der Waals surface area contributed by atoms with Crippen LogP contribution in [-0.2, 0) is 9.47 Å². The maximum absolute atomic E-state index is 12.4. The Morgan fingerprint density at radius 1 is 1.06 bits per heavy atom. The van der Waals surface area contributed by atoms with Gasteiger partial charge < -0.3 is 19.5 Å². The van der Waals surface area contributed by atoms with Crippen molar-refractivity contribution in [2.45, 2.75) is 6.10 Å². The first kappa shape index (κ1) is 20.1. The molecule has 1 aliphatic rings. The molecule has 5 rings (SSSR count). The van der Waals surface area contributed by atoms with E-state index in [0.717, 1.165) is 11.3 Å². The zero-order valence-electron chi connectivity index (χ0n) is 17.2. The van der Waals surface area contributed by atoms with Gasteiger partial charge in [0.1, 0.15) is 35.2 Å². The van der Waals surface area contributed by atoms with Crippen LogP contribution in [0.25, 0.3) is 22.3 Å². The van der Waals surface area contributed by atoms with Crippen LogP contribution in [0.2, 0.25) is 0 Å². The normalized spacial score (nSPS) is 16.1. The molecule has 32 heavy (non-hydrogen) atoms. The van der Waals surface area contributed by atoms with Crippen LogP contribution in [0.3, 0.4) is 0 Å². The van der Waals surface area contributed by atoms with Crippen LogP contribution in [0.1, 0.15) is 0 Å². The van der Waals surface area contributed by atoms with Crippen LogP contribution >= 0.6 is 0 Å². The SMILES string of the molecule is O=c1[nH]ncc2nc(-c3ccccc3)nc(Nc3ccc(OCC4COCCO4)cc3)c12. The van der Waals surface area contributed by atoms with E-state index in [0.29, 0.717) is 54.7 Å². The molecule has 1 fully saturated rings. The topological polar surface area (TPSA) is 111 Å². The Labute approximate surface area is 183 Å². The average Bonchev–Trinajstić information content (AvgIpc) is 2.85. The minimum Gasteiger partial charge on any atom is -0.491 e. The summed E-state index contributed by atoms with van der Waals surface area (Å²) < 4.78 is 16.8. The van der Waals surface area contributed by atoms with Gasteiger partial charge in [-0.15, -0.1) is 0 Å². The molecule has 1 saturated heterocycles. The summed E-state index contributed by atoms with van der Waals surface area (Å²) in [6.45, 7) is 2.17. The number of hydrogen-bond acceptors (Lipinski definition) is 8. The van der Waals surface area contributed by atoms with E-state index in [2.05, 4.69) is 25.5 Å². The number of aromatic amines is 1. The molecule has 0 aliphatic carbocycles. The molecule has 0 spiro atoms. The van der Waals surface area contributed by atoms with Gasteiger partial charge in [0.15, 0.2) is 5.82 Å². The summed E-state index contributed by atoms with van der Waals surface area (Å²) in [6, 6.07) is 17.0. The molecule has 3 heterocycles. The van der Waals surface area contributed by atoms with E-state index in [1.807, 2.05) is 54.6 Å². The molecule has 2 aromatic heterocycles. The van der Waals surface area contributed by atoms with E-state index in [4.69, 9.17) is 14.2 Å². The smallest absolute Gasteiger partial charge is 0.277 e. The molecule has 9 nitrogen and oxygen atoms in total. The molecule has 4 aromatic rings. The largest absolute Gasteiger partial charge is 0.491 e. The minimum absolute atomic E-state index is 0.0642. The van der Waals surface area contributed by atoms with Crippen molar-refractivity contribution in [3.63, 3.8) is 0 Å². The molecule has 0 amide bonds. The molecule has 2 N–H and O–H groups in total. The third-order valence-corrected chi connectivity index (χ3v) is 4.99. The van der Waals surface area contributed by atoms with Crippen molar-refractivity contribution >= 4 is 22.4 Å². The second-order valence-corrected chi connectivity index (χ2v) is 7.25. The zero-order valence-corrected chi connectivity index (χ0v) is 17.2. The van der Waals surface area contributed by atoms with Gasteiger partial charge in [-0.05, 0) is 24.3 Å². The van der Waals surface area contributed by atoms with Crippen molar-refractivity contribution in [1.82, 2.24) is 20.2 Å². The third kappa shape index (κ3) is 4.43. The number of benzene rings is 2. The van der Waals surface area contributed by atoms with Gasteiger partial charge in [-0.1, -0.05) is 30.3 Å². The van der Waals surface area contributed by atoms with Crippen LogP contribution in [0.4, 0.5) is 11.5 Å². The summed E-state index contributed by atoms with van der Waals surface area (Å²) in [7, 11) is 0. The lowest BCUT2D eigenvalue weighted by Gasteiger charge is -2.23. The monoisotopic (exact) mass is 431 g/mol. The van der Waals surface area contributed by atoms with E-state index >= 15 is 0 Å². The number of anilines is 2. The fourth-order valence-corrected chi connectivity index (χ4v) is 3.40. The van der Waals surface area contributed by atoms with E-state index in [1.54, 1.807) is 0 Å². The van der Waals surface area contributed by atoms with Crippen LogP contribution in [0.15, 0.2) is 65.6 Å². The molecule has 1 atom stereocenters. The lowest BCUT2D eigenvalue weighted by molar-refractivity contribution is -0.101. The number of nitrogens with zero attached hydrogens (tertiary/aromatic N) is 3. The Hall–Kier alpha value is -3.82. The number of ether oxygens (including phenoxy) is 3. The first-order valence-electron chi connectivity index (χ1n) is 10.3. The quantitative estimate of drug-likeness (QED) is 0.479. The Morgan fingerprint density at radius 3 is 2.69 bits per heavy atom. The molecule has 9 heteroatoms. The highest BCUT2D eigenvalue weighted by Crippen LogP contribution is 2.26. The molecule has 162 valence electrons. The summed E-state index contributed by atoms with van der Waals surface area (Å²) in [5.74, 6) is 1.62. The molecular weight excluding hydrogens is 410 g/mol. The van der Waals surface area contributed by atoms with Gasteiger partial charge in [-0.2, -0.15) is 5.10 Å². The van der Waals surface area contributed by atoms with E-state index in [1.165, 1.54) is 6.20 Å². The summed E-state index contributed by atoms with van der Waals surface area (Å²) >= 11 is 0. The fraction of sp³-hybridized carbons (Fsp3) is 0.217. The summed E-state index contributed by atoms with van der Waals surface area (Å²) in [5.41, 5.74) is 1.69. The Bertz CT molecular complexity index is 1260. The number of H-pyrrole nitrogens is 1. The Morgan fingerprint density at radius 2 is 1.91 bits per heavy atom. The maximum atomic E-state index is 12.4. The maximum Gasteiger partial charge on any atom is 0.277 e. The number of nitrogens with one attached hydrogen (secondary N) is 2. The van der Waals surface area contributed by atoms with Crippen molar-refractivity contribution in [1.29, 1.82) is 0 Å². The highest BCUT2D eigenvalue weighted by Gasteiger charge is 2.15. The number of fused-ring (bicyclic) bond motifs is 1. The van der Waals surface area contributed by atoms with Crippen molar-refractivity contribution in [3.05, 3.63) is 71.1 Å². The highest BCUT2D eigenvalue weighted by atomic mass is 16.6. The van der Waals surface area contributed by atoms with E-state index < -0.39 is 0 Å². The van der Waals surface area contributed by atoms with Crippen molar-refractivity contribution in [2.75, 3.05) is 31.7 Å². The van der Waals surface area contributed by atoms with E-state index in [9.17, 15) is 4.79 Å². The fourth-order valence-electron chi connectivity index (χ4n) is 3.40. The first-order chi connectivity index (χ1) is 15.8. The summed E-state index contributed by atoms with van der Waals surface area (Å²) in [4.78, 5) is 21.6. The van der Waals surface area contributed by atoms with Gasteiger partial charge in [-0.3, -0.25) is 4.79 Å². The lowest BCUT2D eigenvalue weighted by Crippen LogP contribution is -2.33. The lowest BCUT2D eigenvalue weighted by atomic mass is 10.2. The van der Waals surface area contributed by atoms with Crippen LogP contribution in [0.5, 0.6) is 5.75 Å². The van der Waals surface area contributed by atoms with Crippen LogP contribution in [0, 0.1) is 0 Å². The Kier molecular flexibility index (Phi) is 5.73. The van der Waals surface area contributed by atoms with Crippen LogP contribution in [-0.4, -0.2) is 52.7 Å². The zero-order chi connectivity index (χ0) is 21.8. The second-order valence-electron chi connectivity index (χ2n) is 7.25. The Balaban J connectivity index is 1.40. The molecule has 2 aromatic carbocycles.